The third kappa shape index (κ3) is 5.40. The van der Waals surface area contributed by atoms with Crippen LogP contribution in [-0.4, -0.2) is 23.2 Å². The fourth-order valence-electron chi connectivity index (χ4n) is 2.20. The quantitative estimate of drug-likeness (QED) is 0.488. The van der Waals surface area contributed by atoms with Crippen molar-refractivity contribution in [3.8, 4) is 0 Å². The van der Waals surface area contributed by atoms with Crippen molar-refractivity contribution in [3.63, 3.8) is 0 Å². The Hall–Kier alpha value is -0.620. The summed E-state index contributed by atoms with van der Waals surface area (Å²) in [4.78, 5) is 0. The summed E-state index contributed by atoms with van der Waals surface area (Å²) in [5, 5.41) is 7.59. The summed E-state index contributed by atoms with van der Waals surface area (Å²) in [5.74, 6) is 0.724. The van der Waals surface area contributed by atoms with Crippen LogP contribution < -0.4 is 0 Å². The molecule has 0 fully saturated rings. The van der Waals surface area contributed by atoms with Crippen molar-refractivity contribution < 1.29 is 8.42 Å². The van der Waals surface area contributed by atoms with E-state index in [1.165, 1.54) is 25.7 Å². The number of halogens is 1. The molecule has 0 radical (unpaired) electrons. The van der Waals surface area contributed by atoms with E-state index in [0.717, 1.165) is 31.5 Å². The number of hydrogen-bond acceptors (Lipinski definition) is 4. The standard InChI is InChI=1S/C13H24ClN3O2S/c1-3-5-6-7-8-9-10-12-15-16-13(20(14,18)19)17(12)11-4-2/h3-11H2,1-2H3. The van der Waals surface area contributed by atoms with Gasteiger partial charge in [0, 0.05) is 23.6 Å². The molecule has 0 unspecified atom stereocenters. The minimum atomic E-state index is -3.82. The third-order valence-electron chi connectivity index (χ3n) is 3.21. The van der Waals surface area contributed by atoms with Crippen molar-refractivity contribution >= 4 is 19.7 Å². The van der Waals surface area contributed by atoms with Crippen LogP contribution >= 0.6 is 10.7 Å². The molecule has 0 saturated carbocycles. The molecule has 0 bridgehead atoms. The summed E-state index contributed by atoms with van der Waals surface area (Å²) in [5.41, 5.74) is 0. The molecule has 0 aromatic carbocycles. The fourth-order valence-corrected chi connectivity index (χ4v) is 3.14. The summed E-state index contributed by atoms with van der Waals surface area (Å²) in [7, 11) is 1.56. The first-order valence-corrected chi connectivity index (χ1v) is 9.68. The first kappa shape index (κ1) is 17.4. The van der Waals surface area contributed by atoms with E-state index in [1.54, 1.807) is 4.57 Å². The van der Waals surface area contributed by atoms with Gasteiger partial charge in [-0.3, -0.25) is 0 Å². The van der Waals surface area contributed by atoms with Gasteiger partial charge in [0.1, 0.15) is 5.82 Å². The van der Waals surface area contributed by atoms with E-state index in [1.807, 2.05) is 6.92 Å². The summed E-state index contributed by atoms with van der Waals surface area (Å²) >= 11 is 0. The number of aryl methyl sites for hydroxylation is 1. The van der Waals surface area contributed by atoms with Gasteiger partial charge in [-0.15, -0.1) is 10.2 Å². The molecule has 116 valence electrons. The summed E-state index contributed by atoms with van der Waals surface area (Å²) in [6.07, 6.45) is 8.72. The van der Waals surface area contributed by atoms with E-state index in [-0.39, 0.29) is 5.16 Å². The Morgan fingerprint density at radius 2 is 1.65 bits per heavy atom. The van der Waals surface area contributed by atoms with Gasteiger partial charge in [-0.1, -0.05) is 46.0 Å². The van der Waals surface area contributed by atoms with Crippen molar-refractivity contribution in [1.82, 2.24) is 14.8 Å². The van der Waals surface area contributed by atoms with E-state index in [2.05, 4.69) is 17.1 Å². The Morgan fingerprint density at radius 1 is 1.00 bits per heavy atom. The zero-order valence-corrected chi connectivity index (χ0v) is 13.9. The van der Waals surface area contributed by atoms with E-state index in [9.17, 15) is 8.42 Å². The molecule has 1 heterocycles. The average molecular weight is 322 g/mol. The molecule has 0 N–H and O–H groups in total. The van der Waals surface area contributed by atoms with Crippen molar-refractivity contribution in [2.75, 3.05) is 0 Å². The minimum Gasteiger partial charge on any atom is -0.301 e. The monoisotopic (exact) mass is 321 g/mol. The summed E-state index contributed by atoms with van der Waals surface area (Å²) < 4.78 is 24.5. The highest BCUT2D eigenvalue weighted by molar-refractivity contribution is 8.13. The molecule has 0 amide bonds. The molecule has 0 spiro atoms. The van der Waals surface area contributed by atoms with Crippen LogP contribution in [0.4, 0.5) is 0 Å². The topological polar surface area (TPSA) is 64.8 Å². The number of unbranched alkanes of at least 4 members (excludes halogenated alkanes) is 5. The van der Waals surface area contributed by atoms with Gasteiger partial charge in [0.15, 0.2) is 0 Å². The van der Waals surface area contributed by atoms with Gasteiger partial charge in [-0.25, -0.2) is 8.42 Å². The van der Waals surface area contributed by atoms with Crippen LogP contribution in [0.15, 0.2) is 5.16 Å². The van der Waals surface area contributed by atoms with Gasteiger partial charge in [0.2, 0.25) is 0 Å². The molecular formula is C13H24ClN3O2S. The van der Waals surface area contributed by atoms with E-state index >= 15 is 0 Å². The highest BCUT2D eigenvalue weighted by atomic mass is 35.7. The predicted molar refractivity (Wildman–Crippen MR) is 80.4 cm³/mol. The third-order valence-corrected chi connectivity index (χ3v) is 4.36. The first-order valence-electron chi connectivity index (χ1n) is 7.37. The summed E-state index contributed by atoms with van der Waals surface area (Å²) in [6.45, 7) is 4.76. The Labute approximate surface area is 126 Å². The first-order chi connectivity index (χ1) is 9.50. The molecule has 1 aromatic rings. The molecule has 0 saturated heterocycles. The highest BCUT2D eigenvalue weighted by Gasteiger charge is 2.21. The van der Waals surface area contributed by atoms with Gasteiger partial charge in [0.25, 0.3) is 14.2 Å². The number of aromatic nitrogens is 3. The lowest BCUT2D eigenvalue weighted by Gasteiger charge is -2.07. The van der Waals surface area contributed by atoms with Crippen molar-refractivity contribution in [2.45, 2.75) is 76.9 Å². The van der Waals surface area contributed by atoms with Crippen molar-refractivity contribution in [3.05, 3.63) is 5.82 Å². The molecule has 0 aliphatic heterocycles. The lowest BCUT2D eigenvalue weighted by Crippen LogP contribution is -2.09. The maximum Gasteiger partial charge on any atom is 0.296 e. The molecule has 1 rings (SSSR count). The van der Waals surface area contributed by atoms with E-state index in [4.69, 9.17) is 10.7 Å². The van der Waals surface area contributed by atoms with E-state index < -0.39 is 9.05 Å². The van der Waals surface area contributed by atoms with Crippen LogP contribution in [0.2, 0.25) is 0 Å². The lowest BCUT2D eigenvalue weighted by atomic mass is 10.1. The Kier molecular flexibility index (Phi) is 7.51. The van der Waals surface area contributed by atoms with Gasteiger partial charge >= 0.3 is 0 Å². The molecule has 1 aromatic heterocycles. The number of hydrogen-bond donors (Lipinski definition) is 0. The minimum absolute atomic E-state index is 0.123. The van der Waals surface area contributed by atoms with Crippen LogP contribution in [-0.2, 0) is 22.0 Å². The molecular weight excluding hydrogens is 298 g/mol. The van der Waals surface area contributed by atoms with Gasteiger partial charge in [-0.05, 0) is 12.8 Å². The maximum atomic E-state index is 11.4. The zero-order valence-electron chi connectivity index (χ0n) is 12.3. The lowest BCUT2D eigenvalue weighted by molar-refractivity contribution is 0.543. The fraction of sp³-hybridized carbons (Fsp3) is 0.846. The second kappa shape index (κ2) is 8.62. The van der Waals surface area contributed by atoms with Crippen molar-refractivity contribution in [2.24, 2.45) is 0 Å². The van der Waals surface area contributed by atoms with Crippen molar-refractivity contribution in [1.29, 1.82) is 0 Å². The molecule has 0 atom stereocenters. The summed E-state index contributed by atoms with van der Waals surface area (Å²) in [6, 6.07) is 0. The van der Waals surface area contributed by atoms with Gasteiger partial charge < -0.3 is 4.57 Å². The second-order valence-corrected chi connectivity index (χ2v) is 7.47. The second-order valence-electron chi connectivity index (χ2n) is 5.01. The van der Waals surface area contributed by atoms with Crippen LogP contribution in [0.3, 0.4) is 0 Å². The number of nitrogens with zero attached hydrogens (tertiary/aromatic N) is 3. The van der Waals surface area contributed by atoms with Gasteiger partial charge in [0.05, 0.1) is 0 Å². The van der Waals surface area contributed by atoms with E-state index in [0.29, 0.717) is 6.54 Å². The molecule has 20 heavy (non-hydrogen) atoms. The van der Waals surface area contributed by atoms with Crippen LogP contribution in [0, 0.1) is 0 Å². The highest BCUT2D eigenvalue weighted by Crippen LogP contribution is 2.16. The molecule has 5 nitrogen and oxygen atoms in total. The molecule has 0 aliphatic rings. The largest absolute Gasteiger partial charge is 0.301 e. The Bertz CT molecular complexity index is 500. The Morgan fingerprint density at radius 3 is 2.25 bits per heavy atom. The molecule has 0 aliphatic carbocycles. The predicted octanol–water partition coefficient (Wildman–Crippen LogP) is 3.52. The van der Waals surface area contributed by atoms with Gasteiger partial charge in [-0.2, -0.15) is 0 Å². The average Bonchev–Trinajstić information content (AvgIpc) is 2.77. The zero-order chi connectivity index (χ0) is 15.0. The van der Waals surface area contributed by atoms with Crippen LogP contribution in [0.5, 0.6) is 0 Å². The maximum absolute atomic E-state index is 11.4. The SMILES string of the molecule is CCCCCCCCc1nnc(S(=O)(=O)Cl)n1CCC. The normalized spacial score (nSPS) is 11.9. The number of rotatable bonds is 10. The smallest absolute Gasteiger partial charge is 0.296 e. The van der Waals surface area contributed by atoms with Crippen LogP contribution in [0.1, 0.15) is 64.6 Å². The Balaban J connectivity index is 2.59. The molecule has 7 heteroatoms. The van der Waals surface area contributed by atoms with Crippen LogP contribution in [0.25, 0.3) is 0 Å².